The minimum Gasteiger partial charge on any atom is -0.481 e. The van der Waals surface area contributed by atoms with Crippen molar-refractivity contribution in [2.45, 2.75) is 52.3 Å². The SMILES string of the molecule is CCCC(CC)(CC(=O)Cc1ccc(OC(F)(F)F)cc1)C(=O)O. The summed E-state index contributed by atoms with van der Waals surface area (Å²) in [5, 5.41) is 9.44. The summed E-state index contributed by atoms with van der Waals surface area (Å²) in [6.45, 7) is 3.59. The third kappa shape index (κ3) is 5.86. The molecule has 0 fully saturated rings. The van der Waals surface area contributed by atoms with E-state index in [0.29, 0.717) is 24.8 Å². The molecule has 0 aliphatic rings. The average Bonchev–Trinajstić information content (AvgIpc) is 2.47. The van der Waals surface area contributed by atoms with Crippen molar-refractivity contribution in [2.24, 2.45) is 5.41 Å². The lowest BCUT2D eigenvalue weighted by Crippen LogP contribution is -2.33. The number of benzene rings is 1. The molecular weight excluding hydrogens is 325 g/mol. The Bertz CT molecular complexity index is 566. The molecule has 0 saturated heterocycles. The first-order chi connectivity index (χ1) is 11.1. The number of hydrogen-bond acceptors (Lipinski definition) is 3. The molecular formula is C17H21F3O4. The Morgan fingerprint density at radius 2 is 1.71 bits per heavy atom. The third-order valence-electron chi connectivity index (χ3n) is 3.95. The number of ether oxygens (including phenoxy) is 1. The van der Waals surface area contributed by atoms with Gasteiger partial charge in [0.25, 0.3) is 0 Å². The van der Waals surface area contributed by atoms with Gasteiger partial charge in [0.2, 0.25) is 0 Å². The van der Waals surface area contributed by atoms with E-state index < -0.39 is 17.7 Å². The highest BCUT2D eigenvalue weighted by molar-refractivity contribution is 5.87. The van der Waals surface area contributed by atoms with Crippen LogP contribution >= 0.6 is 0 Å². The monoisotopic (exact) mass is 346 g/mol. The molecule has 1 atom stereocenters. The molecule has 134 valence electrons. The number of carbonyl (C=O) groups excluding carboxylic acids is 1. The van der Waals surface area contributed by atoms with Gasteiger partial charge in [-0.25, -0.2) is 0 Å². The van der Waals surface area contributed by atoms with Gasteiger partial charge in [0.1, 0.15) is 11.5 Å². The van der Waals surface area contributed by atoms with Gasteiger partial charge < -0.3 is 9.84 Å². The number of halogens is 3. The summed E-state index contributed by atoms with van der Waals surface area (Å²) in [6, 6.07) is 5.00. The maximum atomic E-state index is 12.2. The van der Waals surface area contributed by atoms with Crippen LogP contribution < -0.4 is 4.74 Å². The maximum absolute atomic E-state index is 12.2. The van der Waals surface area contributed by atoms with Crippen molar-refractivity contribution in [1.29, 1.82) is 0 Å². The van der Waals surface area contributed by atoms with Crippen LogP contribution in [-0.4, -0.2) is 23.2 Å². The molecule has 1 aromatic carbocycles. The molecule has 4 nitrogen and oxygen atoms in total. The fourth-order valence-electron chi connectivity index (χ4n) is 2.68. The molecule has 0 aliphatic heterocycles. The number of alkyl halides is 3. The molecule has 0 amide bonds. The van der Waals surface area contributed by atoms with Gasteiger partial charge >= 0.3 is 12.3 Å². The van der Waals surface area contributed by atoms with E-state index in [4.69, 9.17) is 0 Å². The van der Waals surface area contributed by atoms with E-state index in [-0.39, 0.29) is 24.4 Å². The number of aliphatic carboxylic acids is 1. The van der Waals surface area contributed by atoms with Gasteiger partial charge in [-0.05, 0) is 30.5 Å². The Kier molecular flexibility index (Phi) is 6.81. The topological polar surface area (TPSA) is 63.6 Å². The lowest BCUT2D eigenvalue weighted by Gasteiger charge is -2.27. The number of carbonyl (C=O) groups is 2. The Morgan fingerprint density at radius 3 is 2.12 bits per heavy atom. The van der Waals surface area contributed by atoms with Crippen LogP contribution in [0.25, 0.3) is 0 Å². The normalized spacial score (nSPS) is 14.0. The van der Waals surface area contributed by atoms with Crippen LogP contribution in [-0.2, 0) is 16.0 Å². The summed E-state index contributed by atoms with van der Waals surface area (Å²) in [7, 11) is 0. The van der Waals surface area contributed by atoms with Crippen LogP contribution in [0.1, 0.15) is 45.1 Å². The largest absolute Gasteiger partial charge is 0.573 e. The van der Waals surface area contributed by atoms with Crippen molar-refractivity contribution < 1.29 is 32.6 Å². The molecule has 0 bridgehead atoms. The highest BCUT2D eigenvalue weighted by Crippen LogP contribution is 2.33. The lowest BCUT2D eigenvalue weighted by atomic mass is 9.76. The number of carboxylic acids is 1. The minimum atomic E-state index is -4.76. The van der Waals surface area contributed by atoms with Crippen molar-refractivity contribution in [3.8, 4) is 5.75 Å². The second-order valence-corrected chi connectivity index (χ2v) is 5.77. The Hall–Kier alpha value is -2.05. The van der Waals surface area contributed by atoms with E-state index in [0.717, 1.165) is 12.1 Å². The maximum Gasteiger partial charge on any atom is 0.573 e. The number of carboxylic acid groups (broad SMARTS) is 1. The smallest absolute Gasteiger partial charge is 0.481 e. The molecule has 0 aromatic heterocycles. The third-order valence-corrected chi connectivity index (χ3v) is 3.95. The molecule has 0 heterocycles. The summed E-state index contributed by atoms with van der Waals surface area (Å²) in [4.78, 5) is 23.7. The fourth-order valence-corrected chi connectivity index (χ4v) is 2.68. The second-order valence-electron chi connectivity index (χ2n) is 5.77. The molecule has 1 unspecified atom stereocenters. The second kappa shape index (κ2) is 8.17. The predicted molar refractivity (Wildman–Crippen MR) is 81.7 cm³/mol. The lowest BCUT2D eigenvalue weighted by molar-refractivity contribution is -0.274. The van der Waals surface area contributed by atoms with Gasteiger partial charge in [-0.1, -0.05) is 32.4 Å². The average molecular weight is 346 g/mol. The van der Waals surface area contributed by atoms with Crippen LogP contribution in [0.15, 0.2) is 24.3 Å². The van der Waals surface area contributed by atoms with Gasteiger partial charge in [0.05, 0.1) is 5.41 Å². The highest BCUT2D eigenvalue weighted by atomic mass is 19.4. The molecule has 24 heavy (non-hydrogen) atoms. The molecule has 0 radical (unpaired) electrons. The van der Waals surface area contributed by atoms with Crippen molar-refractivity contribution >= 4 is 11.8 Å². The quantitative estimate of drug-likeness (QED) is 0.721. The van der Waals surface area contributed by atoms with Gasteiger partial charge in [-0.2, -0.15) is 0 Å². The Morgan fingerprint density at radius 1 is 1.12 bits per heavy atom. The zero-order valence-electron chi connectivity index (χ0n) is 13.7. The van der Waals surface area contributed by atoms with E-state index in [9.17, 15) is 27.9 Å². The van der Waals surface area contributed by atoms with Crippen molar-refractivity contribution in [3.05, 3.63) is 29.8 Å². The van der Waals surface area contributed by atoms with E-state index in [2.05, 4.69) is 4.74 Å². The number of Topliss-reactive ketones (excluding diaryl/α,β-unsaturated/α-hetero) is 1. The van der Waals surface area contributed by atoms with E-state index in [1.165, 1.54) is 12.1 Å². The first kappa shape index (κ1) is 20.0. The summed E-state index contributed by atoms with van der Waals surface area (Å²) < 4.78 is 40.0. The molecule has 1 rings (SSSR count). The van der Waals surface area contributed by atoms with Crippen molar-refractivity contribution in [1.82, 2.24) is 0 Å². The molecule has 1 aromatic rings. The van der Waals surface area contributed by atoms with Crippen molar-refractivity contribution in [3.63, 3.8) is 0 Å². The van der Waals surface area contributed by atoms with Crippen molar-refractivity contribution in [2.75, 3.05) is 0 Å². The van der Waals surface area contributed by atoms with Gasteiger partial charge in [0, 0.05) is 12.8 Å². The predicted octanol–water partition coefficient (Wildman–Crippen LogP) is 4.37. The van der Waals surface area contributed by atoms with Gasteiger partial charge in [-0.3, -0.25) is 9.59 Å². The Labute approximate surface area is 138 Å². The van der Waals surface area contributed by atoms with E-state index >= 15 is 0 Å². The van der Waals surface area contributed by atoms with E-state index in [1.54, 1.807) is 6.92 Å². The zero-order valence-corrected chi connectivity index (χ0v) is 13.7. The summed E-state index contributed by atoms with van der Waals surface area (Å²) >= 11 is 0. The summed E-state index contributed by atoms with van der Waals surface area (Å²) in [6.07, 6.45) is -3.47. The molecule has 1 N–H and O–H groups in total. The van der Waals surface area contributed by atoms with Crippen LogP contribution in [0.5, 0.6) is 5.75 Å². The fraction of sp³-hybridized carbons (Fsp3) is 0.529. The van der Waals surface area contributed by atoms with Crippen LogP contribution in [0.2, 0.25) is 0 Å². The first-order valence-corrected chi connectivity index (χ1v) is 7.71. The summed E-state index contributed by atoms with van der Waals surface area (Å²) in [5.74, 6) is -1.61. The van der Waals surface area contributed by atoms with Crippen LogP contribution in [0.3, 0.4) is 0 Å². The number of hydrogen-bond donors (Lipinski definition) is 1. The van der Waals surface area contributed by atoms with Gasteiger partial charge in [0.15, 0.2) is 0 Å². The van der Waals surface area contributed by atoms with E-state index in [1.807, 2.05) is 6.92 Å². The molecule has 0 saturated carbocycles. The first-order valence-electron chi connectivity index (χ1n) is 7.71. The zero-order chi connectivity index (χ0) is 18.4. The highest BCUT2D eigenvalue weighted by Gasteiger charge is 2.37. The molecule has 7 heteroatoms. The Balaban J connectivity index is 2.75. The number of rotatable bonds is 9. The van der Waals surface area contributed by atoms with Crippen LogP contribution in [0.4, 0.5) is 13.2 Å². The number of ketones is 1. The standard InChI is InChI=1S/C17H21F3O4/c1-3-9-16(4-2,15(22)23)11-13(21)10-12-5-7-14(8-6-12)24-17(18,19)20/h5-8H,3-4,9-11H2,1-2H3,(H,22,23). The molecule has 0 aliphatic carbocycles. The van der Waals surface area contributed by atoms with Crippen LogP contribution in [0, 0.1) is 5.41 Å². The van der Waals surface area contributed by atoms with Gasteiger partial charge in [-0.15, -0.1) is 13.2 Å². The summed E-state index contributed by atoms with van der Waals surface area (Å²) in [5.41, 5.74) is -0.563. The minimum absolute atomic E-state index is 0.0228. The molecule has 0 spiro atoms.